The number of hydrazine groups is 1. The molecule has 0 atom stereocenters. The zero-order valence-corrected chi connectivity index (χ0v) is 11.3. The molecule has 0 radical (unpaired) electrons. The van der Waals surface area contributed by atoms with E-state index in [0.29, 0.717) is 6.67 Å². The highest BCUT2D eigenvalue weighted by atomic mass is 79.9. The van der Waals surface area contributed by atoms with Crippen molar-refractivity contribution in [2.75, 3.05) is 27.4 Å². The topological polar surface area (TPSA) is 50.5 Å². The van der Waals surface area contributed by atoms with Gasteiger partial charge in [-0.3, -0.25) is 10.7 Å². The standard InChI is InChI=1S/C11H18BrN3O/c1-15(8-14-13)6-5-9-7-10(12)3-4-11(9)16-2/h3-4,7,14H,5-6,8,13H2,1-2H3. The zero-order chi connectivity index (χ0) is 12.0. The Morgan fingerprint density at radius 2 is 2.25 bits per heavy atom. The molecule has 1 aromatic carbocycles. The lowest BCUT2D eigenvalue weighted by Gasteiger charge is -2.16. The quantitative estimate of drug-likeness (QED) is 0.471. The number of halogens is 1. The molecule has 16 heavy (non-hydrogen) atoms. The van der Waals surface area contributed by atoms with E-state index in [4.69, 9.17) is 10.6 Å². The molecule has 0 fully saturated rings. The first kappa shape index (κ1) is 13.4. The number of hydrogen-bond donors (Lipinski definition) is 2. The van der Waals surface area contributed by atoms with Gasteiger partial charge in [0.25, 0.3) is 0 Å². The molecule has 4 nitrogen and oxygen atoms in total. The van der Waals surface area contributed by atoms with E-state index >= 15 is 0 Å². The van der Waals surface area contributed by atoms with Gasteiger partial charge in [0, 0.05) is 11.0 Å². The highest BCUT2D eigenvalue weighted by molar-refractivity contribution is 9.10. The van der Waals surface area contributed by atoms with Crippen LogP contribution in [0.3, 0.4) is 0 Å². The van der Waals surface area contributed by atoms with Gasteiger partial charge < -0.3 is 4.74 Å². The minimum Gasteiger partial charge on any atom is -0.496 e. The van der Waals surface area contributed by atoms with Crippen LogP contribution < -0.4 is 16.0 Å². The summed E-state index contributed by atoms with van der Waals surface area (Å²) >= 11 is 3.46. The Hall–Kier alpha value is -0.620. The van der Waals surface area contributed by atoms with Gasteiger partial charge in [-0.1, -0.05) is 15.9 Å². The summed E-state index contributed by atoms with van der Waals surface area (Å²) in [4.78, 5) is 2.11. The highest BCUT2D eigenvalue weighted by Gasteiger charge is 2.05. The van der Waals surface area contributed by atoms with Gasteiger partial charge in [0.2, 0.25) is 0 Å². The molecule has 0 amide bonds. The van der Waals surface area contributed by atoms with Crippen LogP contribution in [-0.4, -0.2) is 32.3 Å². The predicted octanol–water partition coefficient (Wildman–Crippen LogP) is 1.35. The molecule has 0 unspecified atom stereocenters. The number of benzene rings is 1. The Kier molecular flexibility index (Phi) is 5.76. The molecule has 0 aliphatic rings. The molecule has 0 aliphatic heterocycles. The molecular formula is C11H18BrN3O. The second-order valence-electron chi connectivity index (χ2n) is 3.65. The summed E-state index contributed by atoms with van der Waals surface area (Å²) in [5.74, 6) is 6.18. The SMILES string of the molecule is COc1ccc(Br)cc1CCN(C)CNN. The number of likely N-dealkylation sites (N-methyl/N-ethyl adjacent to an activating group) is 1. The molecule has 0 aliphatic carbocycles. The van der Waals surface area contributed by atoms with Crippen molar-refractivity contribution < 1.29 is 4.74 Å². The van der Waals surface area contributed by atoms with E-state index in [1.807, 2.05) is 19.2 Å². The number of nitrogens with two attached hydrogens (primary N) is 1. The maximum absolute atomic E-state index is 5.31. The summed E-state index contributed by atoms with van der Waals surface area (Å²) in [5.41, 5.74) is 3.82. The monoisotopic (exact) mass is 287 g/mol. The first-order chi connectivity index (χ1) is 7.67. The average Bonchev–Trinajstić information content (AvgIpc) is 2.27. The fourth-order valence-corrected chi connectivity index (χ4v) is 1.90. The van der Waals surface area contributed by atoms with Crippen LogP contribution in [0.2, 0.25) is 0 Å². The van der Waals surface area contributed by atoms with E-state index in [1.165, 1.54) is 5.56 Å². The Morgan fingerprint density at radius 3 is 2.88 bits per heavy atom. The first-order valence-corrected chi connectivity index (χ1v) is 5.91. The van der Waals surface area contributed by atoms with Crippen LogP contribution >= 0.6 is 15.9 Å². The predicted molar refractivity (Wildman–Crippen MR) is 69.2 cm³/mol. The van der Waals surface area contributed by atoms with Crippen LogP contribution in [0.1, 0.15) is 5.56 Å². The third kappa shape index (κ3) is 4.09. The normalized spacial score (nSPS) is 10.8. The van der Waals surface area contributed by atoms with Crippen LogP contribution in [0, 0.1) is 0 Å². The second kappa shape index (κ2) is 6.85. The van der Waals surface area contributed by atoms with Crippen molar-refractivity contribution in [1.29, 1.82) is 0 Å². The van der Waals surface area contributed by atoms with Crippen molar-refractivity contribution in [1.82, 2.24) is 10.3 Å². The first-order valence-electron chi connectivity index (χ1n) is 5.11. The molecular weight excluding hydrogens is 270 g/mol. The van der Waals surface area contributed by atoms with Crippen molar-refractivity contribution in [2.45, 2.75) is 6.42 Å². The Bertz CT molecular complexity index is 333. The van der Waals surface area contributed by atoms with Gasteiger partial charge in [0.05, 0.1) is 13.8 Å². The van der Waals surface area contributed by atoms with E-state index in [-0.39, 0.29) is 0 Å². The fraction of sp³-hybridized carbons (Fsp3) is 0.455. The summed E-state index contributed by atoms with van der Waals surface area (Å²) in [6, 6.07) is 6.04. The van der Waals surface area contributed by atoms with Crippen LogP contribution in [0.25, 0.3) is 0 Å². The third-order valence-corrected chi connectivity index (χ3v) is 2.86. The summed E-state index contributed by atoms with van der Waals surface area (Å²) < 4.78 is 6.39. The molecule has 0 bridgehead atoms. The van der Waals surface area contributed by atoms with Gasteiger partial charge >= 0.3 is 0 Å². The number of nitrogens with one attached hydrogen (secondary N) is 1. The van der Waals surface area contributed by atoms with Gasteiger partial charge in [-0.25, -0.2) is 5.43 Å². The van der Waals surface area contributed by atoms with E-state index in [2.05, 4.69) is 32.3 Å². The number of ether oxygens (including phenoxy) is 1. The lowest BCUT2D eigenvalue weighted by molar-refractivity contribution is 0.310. The number of hydrogen-bond acceptors (Lipinski definition) is 4. The molecule has 0 saturated carbocycles. The molecule has 5 heteroatoms. The molecule has 0 aromatic heterocycles. The lowest BCUT2D eigenvalue weighted by Crippen LogP contribution is -2.36. The molecule has 1 rings (SSSR count). The lowest BCUT2D eigenvalue weighted by atomic mass is 10.1. The van der Waals surface area contributed by atoms with Crippen LogP contribution in [0.4, 0.5) is 0 Å². The van der Waals surface area contributed by atoms with Crippen molar-refractivity contribution in [3.63, 3.8) is 0 Å². The van der Waals surface area contributed by atoms with Crippen LogP contribution in [-0.2, 0) is 6.42 Å². The largest absolute Gasteiger partial charge is 0.496 e. The number of methoxy groups -OCH3 is 1. The van der Waals surface area contributed by atoms with E-state index < -0.39 is 0 Å². The van der Waals surface area contributed by atoms with Gasteiger partial charge in [-0.15, -0.1) is 0 Å². The minimum atomic E-state index is 0.677. The average molecular weight is 288 g/mol. The fourth-order valence-electron chi connectivity index (χ4n) is 1.49. The highest BCUT2D eigenvalue weighted by Crippen LogP contribution is 2.23. The van der Waals surface area contributed by atoms with E-state index in [1.54, 1.807) is 7.11 Å². The Labute approximate surface area is 105 Å². The van der Waals surface area contributed by atoms with Crippen molar-refractivity contribution in [3.8, 4) is 5.75 Å². The van der Waals surface area contributed by atoms with Gasteiger partial charge in [-0.2, -0.15) is 0 Å². The molecule has 1 aromatic rings. The van der Waals surface area contributed by atoms with Crippen LogP contribution in [0.15, 0.2) is 22.7 Å². The Morgan fingerprint density at radius 1 is 1.50 bits per heavy atom. The number of rotatable bonds is 6. The summed E-state index contributed by atoms with van der Waals surface area (Å²) in [5, 5.41) is 0. The maximum atomic E-state index is 5.31. The molecule has 90 valence electrons. The van der Waals surface area contributed by atoms with Crippen molar-refractivity contribution >= 4 is 15.9 Å². The Balaban J connectivity index is 2.61. The molecule has 0 heterocycles. The maximum Gasteiger partial charge on any atom is 0.122 e. The summed E-state index contributed by atoms with van der Waals surface area (Å²) in [6.07, 6.45) is 0.931. The van der Waals surface area contributed by atoms with Gasteiger partial charge in [0.15, 0.2) is 0 Å². The summed E-state index contributed by atoms with van der Waals surface area (Å²) in [6.45, 7) is 1.60. The van der Waals surface area contributed by atoms with E-state index in [0.717, 1.165) is 23.2 Å². The molecule has 0 spiro atoms. The van der Waals surface area contributed by atoms with Crippen molar-refractivity contribution in [2.24, 2.45) is 5.84 Å². The second-order valence-corrected chi connectivity index (χ2v) is 4.56. The van der Waals surface area contributed by atoms with Gasteiger partial charge in [-0.05, 0) is 37.2 Å². The van der Waals surface area contributed by atoms with Crippen molar-refractivity contribution in [3.05, 3.63) is 28.2 Å². The summed E-state index contributed by atoms with van der Waals surface area (Å²) in [7, 11) is 3.71. The number of nitrogens with zero attached hydrogens (tertiary/aromatic N) is 1. The minimum absolute atomic E-state index is 0.677. The smallest absolute Gasteiger partial charge is 0.122 e. The third-order valence-electron chi connectivity index (χ3n) is 2.37. The van der Waals surface area contributed by atoms with Gasteiger partial charge in [0.1, 0.15) is 5.75 Å². The van der Waals surface area contributed by atoms with E-state index in [9.17, 15) is 0 Å². The molecule has 0 saturated heterocycles. The molecule has 3 N–H and O–H groups in total. The van der Waals surface area contributed by atoms with Crippen LogP contribution in [0.5, 0.6) is 5.75 Å². The zero-order valence-electron chi connectivity index (χ0n) is 9.66.